The van der Waals surface area contributed by atoms with Crippen LogP contribution in [0, 0.1) is 5.82 Å². The molecule has 0 saturated carbocycles. The molecular formula is C21H20FN3O2. The minimum absolute atomic E-state index is 0.0696. The highest BCUT2D eigenvalue weighted by Crippen LogP contribution is 2.25. The Kier molecular flexibility index (Phi) is 5.88. The average molecular weight is 365 g/mol. The third kappa shape index (κ3) is 5.43. The van der Waals surface area contributed by atoms with E-state index in [0.29, 0.717) is 23.9 Å². The van der Waals surface area contributed by atoms with E-state index in [1.807, 2.05) is 43.3 Å². The molecule has 0 amide bonds. The lowest BCUT2D eigenvalue weighted by Crippen LogP contribution is -2.23. The van der Waals surface area contributed by atoms with Crippen LogP contribution in [0.3, 0.4) is 0 Å². The van der Waals surface area contributed by atoms with Gasteiger partial charge in [0, 0.05) is 11.8 Å². The molecule has 0 aliphatic rings. The summed E-state index contributed by atoms with van der Waals surface area (Å²) in [5, 5.41) is 0. The van der Waals surface area contributed by atoms with Gasteiger partial charge in [0.15, 0.2) is 5.78 Å². The Labute approximate surface area is 157 Å². The standard InChI is InChI=1S/C21H20FN3O2/c1-25(2)14-17(26)13-21-23-12-11-20(24-21)15-3-7-18(8-4-15)27-19-9-5-16(22)6-10-19/h3-12H,13-14H2,1-2H3. The maximum Gasteiger partial charge on any atom is 0.154 e. The van der Waals surface area contributed by atoms with Crippen LogP contribution in [0.5, 0.6) is 11.5 Å². The first-order valence-electron chi connectivity index (χ1n) is 8.52. The molecule has 0 aliphatic carbocycles. The SMILES string of the molecule is CN(C)CC(=O)Cc1nccc(-c2ccc(Oc3ccc(F)cc3)cc2)n1. The van der Waals surface area contributed by atoms with Crippen molar-refractivity contribution in [3.63, 3.8) is 0 Å². The first-order chi connectivity index (χ1) is 13.0. The number of ketones is 1. The second-order valence-corrected chi connectivity index (χ2v) is 6.39. The molecule has 0 spiro atoms. The van der Waals surface area contributed by atoms with Gasteiger partial charge >= 0.3 is 0 Å². The summed E-state index contributed by atoms with van der Waals surface area (Å²) in [6.07, 6.45) is 1.86. The third-order valence-electron chi connectivity index (χ3n) is 3.75. The quantitative estimate of drug-likeness (QED) is 0.638. The summed E-state index contributed by atoms with van der Waals surface area (Å²) >= 11 is 0. The smallest absolute Gasteiger partial charge is 0.154 e. The number of rotatable bonds is 7. The van der Waals surface area contributed by atoms with Gasteiger partial charge in [-0.2, -0.15) is 0 Å². The molecule has 0 aliphatic heterocycles. The highest BCUT2D eigenvalue weighted by Gasteiger charge is 2.09. The molecule has 2 aromatic carbocycles. The van der Waals surface area contributed by atoms with Crippen molar-refractivity contribution in [2.24, 2.45) is 0 Å². The highest BCUT2D eigenvalue weighted by atomic mass is 19.1. The lowest BCUT2D eigenvalue weighted by molar-refractivity contribution is -0.119. The van der Waals surface area contributed by atoms with Gasteiger partial charge in [-0.05, 0) is 68.7 Å². The number of likely N-dealkylation sites (N-methyl/N-ethyl adjacent to an activating group) is 1. The Balaban J connectivity index is 1.70. The molecule has 0 saturated heterocycles. The van der Waals surface area contributed by atoms with E-state index in [-0.39, 0.29) is 18.0 Å². The van der Waals surface area contributed by atoms with E-state index in [9.17, 15) is 9.18 Å². The number of ether oxygens (including phenoxy) is 1. The number of hydrogen-bond donors (Lipinski definition) is 0. The van der Waals surface area contributed by atoms with Gasteiger partial charge < -0.3 is 9.64 Å². The molecule has 3 rings (SSSR count). The van der Waals surface area contributed by atoms with Crippen molar-refractivity contribution in [2.75, 3.05) is 20.6 Å². The lowest BCUT2D eigenvalue weighted by atomic mass is 10.1. The Hall–Kier alpha value is -3.12. The van der Waals surface area contributed by atoms with Crippen LogP contribution in [0.2, 0.25) is 0 Å². The molecule has 0 atom stereocenters. The lowest BCUT2D eigenvalue weighted by Gasteiger charge is -2.09. The Morgan fingerprint density at radius 1 is 1.00 bits per heavy atom. The van der Waals surface area contributed by atoms with Gasteiger partial charge in [0.1, 0.15) is 23.1 Å². The highest BCUT2D eigenvalue weighted by molar-refractivity contribution is 5.82. The number of carbonyl (C=O) groups is 1. The zero-order valence-corrected chi connectivity index (χ0v) is 15.2. The summed E-state index contributed by atoms with van der Waals surface area (Å²) in [5.41, 5.74) is 1.64. The van der Waals surface area contributed by atoms with Gasteiger partial charge in [0.05, 0.1) is 18.7 Å². The van der Waals surface area contributed by atoms with E-state index < -0.39 is 0 Å². The fraction of sp³-hybridized carbons (Fsp3) is 0.190. The zero-order valence-electron chi connectivity index (χ0n) is 15.2. The number of hydrogen-bond acceptors (Lipinski definition) is 5. The van der Waals surface area contributed by atoms with E-state index in [4.69, 9.17) is 4.74 Å². The van der Waals surface area contributed by atoms with Crippen LogP contribution < -0.4 is 4.74 Å². The number of Topliss-reactive ketones (excluding diaryl/α,β-unsaturated/α-hetero) is 1. The van der Waals surface area contributed by atoms with Crippen molar-refractivity contribution in [2.45, 2.75) is 6.42 Å². The summed E-state index contributed by atoms with van der Waals surface area (Å²) in [6, 6.07) is 15.0. The molecule has 0 radical (unpaired) electrons. The van der Waals surface area contributed by atoms with Crippen molar-refractivity contribution >= 4 is 5.78 Å². The van der Waals surface area contributed by atoms with E-state index >= 15 is 0 Å². The minimum atomic E-state index is -0.304. The Bertz CT molecular complexity index is 909. The fourth-order valence-corrected chi connectivity index (χ4v) is 2.56. The maximum atomic E-state index is 12.9. The second-order valence-electron chi connectivity index (χ2n) is 6.39. The molecule has 1 heterocycles. The summed E-state index contributed by atoms with van der Waals surface area (Å²) in [7, 11) is 3.70. The maximum absolute atomic E-state index is 12.9. The van der Waals surface area contributed by atoms with Crippen LogP contribution in [0.15, 0.2) is 60.8 Å². The zero-order chi connectivity index (χ0) is 19.2. The van der Waals surface area contributed by atoms with Crippen molar-refractivity contribution in [1.29, 1.82) is 0 Å². The van der Waals surface area contributed by atoms with E-state index in [1.165, 1.54) is 12.1 Å². The van der Waals surface area contributed by atoms with Crippen LogP contribution in [-0.4, -0.2) is 41.3 Å². The molecule has 5 nitrogen and oxygen atoms in total. The average Bonchev–Trinajstić information content (AvgIpc) is 2.64. The third-order valence-corrected chi connectivity index (χ3v) is 3.75. The van der Waals surface area contributed by atoms with Crippen molar-refractivity contribution in [3.8, 4) is 22.8 Å². The van der Waals surface area contributed by atoms with Gasteiger partial charge in [-0.25, -0.2) is 14.4 Å². The molecule has 138 valence electrons. The Morgan fingerprint density at radius 2 is 1.63 bits per heavy atom. The molecule has 27 heavy (non-hydrogen) atoms. The molecule has 3 aromatic rings. The topological polar surface area (TPSA) is 55.3 Å². The van der Waals surface area contributed by atoms with Gasteiger partial charge in [-0.1, -0.05) is 0 Å². The second kappa shape index (κ2) is 8.51. The molecule has 0 fully saturated rings. The van der Waals surface area contributed by atoms with Crippen molar-refractivity contribution < 1.29 is 13.9 Å². The summed E-state index contributed by atoms with van der Waals surface area (Å²) in [6.45, 7) is 0.364. The minimum Gasteiger partial charge on any atom is -0.457 e. The number of aromatic nitrogens is 2. The molecule has 0 N–H and O–H groups in total. The van der Waals surface area contributed by atoms with E-state index in [1.54, 1.807) is 24.4 Å². The first-order valence-corrected chi connectivity index (χ1v) is 8.52. The van der Waals surface area contributed by atoms with E-state index in [2.05, 4.69) is 9.97 Å². The Morgan fingerprint density at radius 3 is 2.26 bits per heavy atom. The first kappa shape index (κ1) is 18.7. The van der Waals surface area contributed by atoms with Gasteiger partial charge in [0.25, 0.3) is 0 Å². The number of nitrogens with zero attached hydrogens (tertiary/aromatic N) is 3. The van der Waals surface area contributed by atoms with Gasteiger partial charge in [-0.3, -0.25) is 4.79 Å². The van der Waals surface area contributed by atoms with Crippen molar-refractivity contribution in [3.05, 3.63) is 72.4 Å². The van der Waals surface area contributed by atoms with Crippen LogP contribution in [0.4, 0.5) is 4.39 Å². The summed E-state index contributed by atoms with van der Waals surface area (Å²) in [5.74, 6) is 1.47. The van der Waals surface area contributed by atoms with Crippen molar-refractivity contribution in [1.82, 2.24) is 14.9 Å². The number of benzene rings is 2. The largest absolute Gasteiger partial charge is 0.457 e. The molecule has 1 aromatic heterocycles. The molecule has 6 heteroatoms. The molecule has 0 unspecified atom stereocenters. The summed E-state index contributed by atoms with van der Waals surface area (Å²) in [4.78, 5) is 22.4. The van der Waals surface area contributed by atoms with Gasteiger partial charge in [0.2, 0.25) is 0 Å². The van der Waals surface area contributed by atoms with Crippen LogP contribution in [-0.2, 0) is 11.2 Å². The van der Waals surface area contributed by atoms with Crippen LogP contribution in [0.1, 0.15) is 5.82 Å². The predicted octanol–water partition coefficient (Wildman–Crippen LogP) is 3.75. The predicted molar refractivity (Wildman–Crippen MR) is 101 cm³/mol. The fourth-order valence-electron chi connectivity index (χ4n) is 2.56. The molecule has 0 bridgehead atoms. The number of carbonyl (C=O) groups excluding carboxylic acids is 1. The monoisotopic (exact) mass is 365 g/mol. The van der Waals surface area contributed by atoms with Crippen LogP contribution in [0.25, 0.3) is 11.3 Å². The van der Waals surface area contributed by atoms with Crippen LogP contribution >= 0.6 is 0 Å². The summed E-state index contributed by atoms with van der Waals surface area (Å²) < 4.78 is 18.6. The number of halogens is 1. The molecular weight excluding hydrogens is 345 g/mol. The normalized spacial score (nSPS) is 10.8. The van der Waals surface area contributed by atoms with E-state index in [0.717, 1.165) is 11.3 Å². The van der Waals surface area contributed by atoms with Gasteiger partial charge in [-0.15, -0.1) is 0 Å².